The van der Waals surface area contributed by atoms with E-state index in [1.807, 2.05) is 36.5 Å². The van der Waals surface area contributed by atoms with E-state index < -0.39 is 0 Å². The van der Waals surface area contributed by atoms with Crippen molar-refractivity contribution >= 4 is 53.3 Å². The summed E-state index contributed by atoms with van der Waals surface area (Å²) < 4.78 is 4.66. The maximum absolute atomic E-state index is 5.24. The molecule has 4 aromatic heterocycles. The number of fused-ring (bicyclic) bond motifs is 5. The molecule has 246 valence electrons. The van der Waals surface area contributed by atoms with E-state index in [1.165, 1.54) is 20.2 Å². The number of nitrogens with zero attached hydrogens (tertiary/aromatic N) is 6. The molecule has 0 aliphatic carbocycles. The van der Waals surface area contributed by atoms with Gasteiger partial charge in [0.2, 0.25) is 0 Å². The summed E-state index contributed by atoms with van der Waals surface area (Å²) in [6, 6.07) is 50.3. The van der Waals surface area contributed by atoms with E-state index in [-0.39, 0.29) is 0 Å². The monoisotopic (exact) mass is 686 g/mol. The minimum atomic E-state index is 0.625. The van der Waals surface area contributed by atoms with Gasteiger partial charge in [0.05, 0.1) is 22.4 Å². The number of aryl methyl sites for hydroxylation is 1. The second-order valence-electron chi connectivity index (χ2n) is 12.7. The zero-order chi connectivity index (χ0) is 34.6. The molecule has 0 N–H and O–H groups in total. The molecule has 4 heterocycles. The average Bonchev–Trinajstić information content (AvgIpc) is 3.79. The topological polar surface area (TPSA) is 69.4 Å². The van der Waals surface area contributed by atoms with Crippen LogP contribution in [0.5, 0.6) is 0 Å². The first-order valence-electron chi connectivity index (χ1n) is 17.4. The van der Waals surface area contributed by atoms with E-state index in [2.05, 4.69) is 127 Å². The quantitative estimate of drug-likeness (QED) is 0.174. The lowest BCUT2D eigenvalue weighted by molar-refractivity contribution is 0.905. The summed E-state index contributed by atoms with van der Waals surface area (Å²) in [4.78, 5) is 25.5. The van der Waals surface area contributed by atoms with E-state index in [9.17, 15) is 0 Å². The highest BCUT2D eigenvalue weighted by molar-refractivity contribution is 7.26. The van der Waals surface area contributed by atoms with Crippen molar-refractivity contribution in [3.05, 3.63) is 158 Å². The van der Waals surface area contributed by atoms with E-state index >= 15 is 0 Å². The van der Waals surface area contributed by atoms with E-state index in [4.69, 9.17) is 24.9 Å². The van der Waals surface area contributed by atoms with Gasteiger partial charge in [-0.05, 0) is 53.2 Å². The zero-order valence-corrected chi connectivity index (χ0v) is 29.0. The minimum Gasteiger partial charge on any atom is -0.294 e. The zero-order valence-electron chi connectivity index (χ0n) is 28.2. The number of rotatable bonds is 6. The van der Waals surface area contributed by atoms with E-state index in [0.717, 1.165) is 67.7 Å². The number of thiophene rings is 1. The summed E-state index contributed by atoms with van der Waals surface area (Å²) in [6.45, 7) is 2.14. The Balaban J connectivity index is 1.19. The number of pyridine rings is 1. The maximum Gasteiger partial charge on any atom is 0.165 e. The molecule has 0 atom stereocenters. The molecule has 0 amide bonds. The Morgan fingerprint density at radius 1 is 0.519 bits per heavy atom. The maximum atomic E-state index is 5.24. The van der Waals surface area contributed by atoms with Crippen LogP contribution < -0.4 is 0 Å². The summed E-state index contributed by atoms with van der Waals surface area (Å²) in [5.41, 5.74) is 7.82. The molecule has 6 nitrogen and oxygen atoms in total. The van der Waals surface area contributed by atoms with Gasteiger partial charge in [-0.25, -0.2) is 19.9 Å². The van der Waals surface area contributed by atoms with Crippen molar-refractivity contribution in [1.29, 1.82) is 0 Å². The van der Waals surface area contributed by atoms with Crippen molar-refractivity contribution in [3.63, 3.8) is 0 Å². The number of hydrogen-bond acceptors (Lipinski definition) is 6. The van der Waals surface area contributed by atoms with E-state index in [0.29, 0.717) is 17.5 Å². The van der Waals surface area contributed by atoms with Crippen molar-refractivity contribution in [2.24, 2.45) is 0 Å². The number of benzene rings is 6. The molecule has 10 aromatic rings. The first-order chi connectivity index (χ1) is 25.7. The predicted molar refractivity (Wildman–Crippen MR) is 214 cm³/mol. The van der Waals surface area contributed by atoms with Crippen LogP contribution in [0.15, 0.2) is 152 Å². The summed E-state index contributed by atoms with van der Waals surface area (Å²) in [7, 11) is 0. The second-order valence-corrected chi connectivity index (χ2v) is 13.8. The molecule has 0 bridgehead atoms. The average molecular weight is 687 g/mol. The largest absolute Gasteiger partial charge is 0.294 e. The lowest BCUT2D eigenvalue weighted by Crippen LogP contribution is -2.04. The fraction of sp³-hybridized carbons (Fsp3) is 0.0444. The molecular weight excluding hydrogens is 657 g/mol. The second kappa shape index (κ2) is 12.3. The molecule has 10 rings (SSSR count). The Hall–Kier alpha value is -6.57. The number of aromatic nitrogens is 6. The summed E-state index contributed by atoms with van der Waals surface area (Å²) in [5, 5.41) is 4.56. The molecule has 0 saturated carbocycles. The first-order valence-corrected chi connectivity index (χ1v) is 18.2. The number of hydrogen-bond donors (Lipinski definition) is 0. The lowest BCUT2D eigenvalue weighted by atomic mass is 9.96. The van der Waals surface area contributed by atoms with Gasteiger partial charge in [0, 0.05) is 55.0 Å². The van der Waals surface area contributed by atoms with Crippen LogP contribution in [0.4, 0.5) is 0 Å². The van der Waals surface area contributed by atoms with Gasteiger partial charge in [-0.1, -0.05) is 110 Å². The molecule has 7 heteroatoms. The normalized spacial score (nSPS) is 11.6. The number of para-hydroxylation sites is 2. The van der Waals surface area contributed by atoms with Crippen LogP contribution >= 0.6 is 11.3 Å². The van der Waals surface area contributed by atoms with Crippen LogP contribution in [-0.4, -0.2) is 29.5 Å². The fourth-order valence-corrected chi connectivity index (χ4v) is 8.54. The van der Waals surface area contributed by atoms with Crippen LogP contribution in [0.1, 0.15) is 12.7 Å². The SMILES string of the molecule is CCc1nc2ccccc2n1-c1cccnc1-c1ccc(-c2nc(-c3ccccc3)nc(-c3cccc4c3sc3ccccc34)n2)c2ccccc12. The molecule has 0 spiro atoms. The Morgan fingerprint density at radius 3 is 2.04 bits per heavy atom. The Morgan fingerprint density at radius 2 is 1.19 bits per heavy atom. The predicted octanol–water partition coefficient (Wildman–Crippen LogP) is 11.4. The molecule has 0 radical (unpaired) electrons. The van der Waals surface area contributed by atoms with Crippen LogP contribution in [0.3, 0.4) is 0 Å². The van der Waals surface area contributed by atoms with Crippen LogP contribution in [0.25, 0.3) is 93.1 Å². The van der Waals surface area contributed by atoms with Crippen LogP contribution in [0, 0.1) is 0 Å². The summed E-state index contributed by atoms with van der Waals surface area (Å²) >= 11 is 1.78. The summed E-state index contributed by atoms with van der Waals surface area (Å²) in [5.74, 6) is 2.91. The van der Waals surface area contributed by atoms with Gasteiger partial charge < -0.3 is 0 Å². The molecular formula is C45H30N6S. The van der Waals surface area contributed by atoms with Crippen molar-refractivity contribution in [3.8, 4) is 51.1 Å². The van der Waals surface area contributed by atoms with E-state index in [1.54, 1.807) is 11.3 Å². The molecule has 0 aliphatic rings. The fourth-order valence-electron chi connectivity index (χ4n) is 7.32. The Labute approximate surface area is 303 Å². The summed E-state index contributed by atoms with van der Waals surface area (Å²) in [6.07, 6.45) is 2.66. The van der Waals surface area contributed by atoms with Gasteiger partial charge in [0.1, 0.15) is 5.82 Å². The molecule has 6 aromatic carbocycles. The van der Waals surface area contributed by atoms with Crippen LogP contribution in [-0.2, 0) is 6.42 Å². The van der Waals surface area contributed by atoms with Gasteiger partial charge in [0.15, 0.2) is 17.5 Å². The van der Waals surface area contributed by atoms with Gasteiger partial charge in [-0.2, -0.15) is 0 Å². The molecule has 52 heavy (non-hydrogen) atoms. The lowest BCUT2D eigenvalue weighted by Gasteiger charge is -2.16. The van der Waals surface area contributed by atoms with Crippen molar-refractivity contribution in [1.82, 2.24) is 29.5 Å². The standard InChI is InChI=1S/C45H30N6S/c1-2-40-47-36-21-9-10-22-37(36)51(40)38-23-13-27-46-41(38)32-25-26-34(30-17-7-6-16-29(30)32)44-48-43(28-14-4-3-5-15-28)49-45(50-44)35-20-12-19-33-31-18-8-11-24-39(31)52-42(33)35/h3-27H,2H2,1H3. The van der Waals surface area contributed by atoms with Gasteiger partial charge in [-0.3, -0.25) is 9.55 Å². The molecule has 0 unspecified atom stereocenters. The molecule has 0 fully saturated rings. The van der Waals surface area contributed by atoms with Crippen molar-refractivity contribution in [2.45, 2.75) is 13.3 Å². The Kier molecular flexibility index (Phi) is 7.18. The van der Waals surface area contributed by atoms with Gasteiger partial charge >= 0.3 is 0 Å². The Bertz CT molecular complexity index is 2960. The van der Waals surface area contributed by atoms with Crippen molar-refractivity contribution < 1.29 is 0 Å². The smallest absolute Gasteiger partial charge is 0.165 e. The minimum absolute atomic E-state index is 0.625. The highest BCUT2D eigenvalue weighted by Crippen LogP contribution is 2.41. The van der Waals surface area contributed by atoms with Crippen LogP contribution in [0.2, 0.25) is 0 Å². The number of imidazole rings is 1. The van der Waals surface area contributed by atoms with Gasteiger partial charge in [0.25, 0.3) is 0 Å². The first kappa shape index (κ1) is 30.3. The highest BCUT2D eigenvalue weighted by atomic mass is 32.1. The molecule has 0 saturated heterocycles. The molecule has 0 aliphatic heterocycles. The van der Waals surface area contributed by atoms with Gasteiger partial charge in [-0.15, -0.1) is 11.3 Å². The third-order valence-electron chi connectivity index (χ3n) is 9.71. The van der Waals surface area contributed by atoms with Crippen molar-refractivity contribution in [2.75, 3.05) is 0 Å². The third-order valence-corrected chi connectivity index (χ3v) is 10.9. The third kappa shape index (κ3) is 4.89. The highest BCUT2D eigenvalue weighted by Gasteiger charge is 2.21.